The van der Waals surface area contributed by atoms with E-state index in [4.69, 9.17) is 5.11 Å². The summed E-state index contributed by atoms with van der Waals surface area (Å²) in [6.07, 6.45) is 2.59. The molecular weight excluding hydrogens is 296 g/mol. The summed E-state index contributed by atoms with van der Waals surface area (Å²) in [5.74, 6) is 0. The largest absolute Gasteiger partial charge is 0.396 e. The first-order valence-electron chi connectivity index (χ1n) is 5.77. The van der Waals surface area contributed by atoms with Gasteiger partial charge in [-0.05, 0) is 24.6 Å². The summed E-state index contributed by atoms with van der Waals surface area (Å²) in [6, 6.07) is 7.97. The highest BCUT2D eigenvalue weighted by atomic mass is 79.9. The van der Waals surface area contributed by atoms with E-state index >= 15 is 0 Å². The Kier molecular flexibility index (Phi) is 4.72. The highest BCUT2D eigenvalue weighted by molar-refractivity contribution is 9.10. The van der Waals surface area contributed by atoms with Crippen LogP contribution in [0.15, 0.2) is 34.9 Å². The van der Waals surface area contributed by atoms with Crippen LogP contribution in [0.3, 0.4) is 0 Å². The molecule has 2 rings (SSSR count). The summed E-state index contributed by atoms with van der Waals surface area (Å²) in [5.41, 5.74) is 1.92. The number of aromatic nitrogens is 3. The molecule has 0 saturated heterocycles. The van der Waals surface area contributed by atoms with E-state index in [1.54, 1.807) is 4.68 Å². The lowest BCUT2D eigenvalue weighted by molar-refractivity contribution is 0.276. The molecule has 0 atom stereocenters. The Balaban J connectivity index is 1.88. The number of hydrogen-bond acceptors (Lipinski definition) is 4. The SMILES string of the molecule is OCCCn1cc(CNc2cccc(Br)c2)nn1. The molecule has 0 saturated carbocycles. The van der Waals surface area contributed by atoms with Crippen molar-refractivity contribution in [1.82, 2.24) is 15.0 Å². The van der Waals surface area contributed by atoms with Crippen LogP contribution in [0.1, 0.15) is 12.1 Å². The number of aryl methyl sites for hydroxylation is 1. The molecule has 0 spiro atoms. The lowest BCUT2D eigenvalue weighted by atomic mass is 10.3. The van der Waals surface area contributed by atoms with Crippen molar-refractivity contribution in [3.05, 3.63) is 40.6 Å². The normalized spacial score (nSPS) is 10.6. The number of hydrogen-bond donors (Lipinski definition) is 2. The summed E-state index contributed by atoms with van der Waals surface area (Å²) in [5, 5.41) is 20.1. The van der Waals surface area contributed by atoms with E-state index in [-0.39, 0.29) is 6.61 Å². The molecule has 0 fully saturated rings. The second-order valence-electron chi connectivity index (χ2n) is 3.91. The van der Waals surface area contributed by atoms with Gasteiger partial charge in [0.1, 0.15) is 5.69 Å². The van der Waals surface area contributed by atoms with Gasteiger partial charge in [-0.1, -0.05) is 27.2 Å². The molecule has 0 aliphatic heterocycles. The van der Waals surface area contributed by atoms with Crippen LogP contribution in [-0.4, -0.2) is 26.7 Å². The molecule has 0 radical (unpaired) electrons. The van der Waals surface area contributed by atoms with Crippen molar-refractivity contribution in [2.75, 3.05) is 11.9 Å². The van der Waals surface area contributed by atoms with E-state index in [0.29, 0.717) is 19.5 Å². The standard InChI is InChI=1S/C12H15BrN4O/c13-10-3-1-4-11(7-10)14-8-12-9-17(16-15-12)5-2-6-18/h1,3-4,7,9,14,18H,2,5-6,8H2. The third-order valence-electron chi connectivity index (χ3n) is 2.43. The zero-order valence-corrected chi connectivity index (χ0v) is 11.5. The second kappa shape index (κ2) is 6.51. The van der Waals surface area contributed by atoms with Crippen LogP contribution < -0.4 is 5.32 Å². The first-order chi connectivity index (χ1) is 8.78. The Morgan fingerprint density at radius 3 is 3.06 bits per heavy atom. The molecule has 18 heavy (non-hydrogen) atoms. The molecule has 0 aliphatic rings. The van der Waals surface area contributed by atoms with Crippen molar-refractivity contribution >= 4 is 21.6 Å². The van der Waals surface area contributed by atoms with Gasteiger partial charge >= 0.3 is 0 Å². The van der Waals surface area contributed by atoms with Crippen molar-refractivity contribution in [3.63, 3.8) is 0 Å². The topological polar surface area (TPSA) is 63.0 Å². The molecular formula is C12H15BrN4O. The number of nitrogens with one attached hydrogen (secondary N) is 1. The van der Waals surface area contributed by atoms with Gasteiger partial charge in [-0.15, -0.1) is 5.10 Å². The molecule has 1 heterocycles. The van der Waals surface area contributed by atoms with Gasteiger partial charge in [-0.2, -0.15) is 0 Å². The highest BCUT2D eigenvalue weighted by Gasteiger charge is 2.00. The molecule has 0 bridgehead atoms. The average Bonchev–Trinajstić information content (AvgIpc) is 2.82. The van der Waals surface area contributed by atoms with Gasteiger partial charge in [0.15, 0.2) is 0 Å². The molecule has 0 aliphatic carbocycles. The summed E-state index contributed by atoms with van der Waals surface area (Å²) < 4.78 is 2.79. The fourth-order valence-corrected chi connectivity index (χ4v) is 1.95. The fourth-order valence-electron chi connectivity index (χ4n) is 1.55. The van der Waals surface area contributed by atoms with Gasteiger partial charge in [0.25, 0.3) is 0 Å². The third-order valence-corrected chi connectivity index (χ3v) is 2.92. The molecule has 6 heteroatoms. The minimum Gasteiger partial charge on any atom is -0.396 e. The van der Waals surface area contributed by atoms with Gasteiger partial charge in [-0.3, -0.25) is 4.68 Å². The van der Waals surface area contributed by atoms with Crippen molar-refractivity contribution in [1.29, 1.82) is 0 Å². The fraction of sp³-hybridized carbons (Fsp3) is 0.333. The second-order valence-corrected chi connectivity index (χ2v) is 4.83. The van der Waals surface area contributed by atoms with Crippen LogP contribution in [-0.2, 0) is 13.1 Å². The Morgan fingerprint density at radius 2 is 2.28 bits per heavy atom. The van der Waals surface area contributed by atoms with Crippen molar-refractivity contribution in [2.45, 2.75) is 19.5 Å². The lowest BCUT2D eigenvalue weighted by Gasteiger charge is -2.03. The van der Waals surface area contributed by atoms with E-state index in [9.17, 15) is 0 Å². The summed E-state index contributed by atoms with van der Waals surface area (Å²) >= 11 is 3.43. The van der Waals surface area contributed by atoms with Gasteiger partial charge in [0.05, 0.1) is 12.7 Å². The van der Waals surface area contributed by atoms with Gasteiger partial charge in [-0.25, -0.2) is 0 Å². The number of anilines is 1. The first-order valence-corrected chi connectivity index (χ1v) is 6.56. The summed E-state index contributed by atoms with van der Waals surface area (Å²) in [6.45, 7) is 1.50. The minimum absolute atomic E-state index is 0.172. The Morgan fingerprint density at radius 1 is 1.39 bits per heavy atom. The zero-order chi connectivity index (χ0) is 12.8. The molecule has 1 aromatic carbocycles. The number of benzene rings is 1. The number of halogens is 1. The van der Waals surface area contributed by atoms with Crippen molar-refractivity contribution in [3.8, 4) is 0 Å². The van der Waals surface area contributed by atoms with Crippen molar-refractivity contribution < 1.29 is 5.11 Å². The van der Waals surface area contributed by atoms with E-state index in [0.717, 1.165) is 15.9 Å². The van der Waals surface area contributed by atoms with Crippen LogP contribution in [0.25, 0.3) is 0 Å². The number of aliphatic hydroxyl groups excluding tert-OH is 1. The smallest absolute Gasteiger partial charge is 0.102 e. The van der Waals surface area contributed by atoms with E-state index < -0.39 is 0 Å². The summed E-state index contributed by atoms with van der Waals surface area (Å²) in [7, 11) is 0. The van der Waals surface area contributed by atoms with E-state index in [2.05, 4.69) is 31.6 Å². The molecule has 5 nitrogen and oxygen atoms in total. The maximum Gasteiger partial charge on any atom is 0.102 e. The maximum absolute atomic E-state index is 8.73. The lowest BCUT2D eigenvalue weighted by Crippen LogP contribution is -2.01. The Bertz CT molecular complexity index is 500. The van der Waals surface area contributed by atoms with Gasteiger partial charge < -0.3 is 10.4 Å². The highest BCUT2D eigenvalue weighted by Crippen LogP contribution is 2.16. The monoisotopic (exact) mass is 310 g/mol. The molecule has 1 aromatic heterocycles. The average molecular weight is 311 g/mol. The Labute approximate surface area is 114 Å². The van der Waals surface area contributed by atoms with E-state index in [1.807, 2.05) is 30.5 Å². The zero-order valence-electron chi connectivity index (χ0n) is 9.88. The van der Waals surface area contributed by atoms with Gasteiger partial charge in [0.2, 0.25) is 0 Å². The Hall–Kier alpha value is -1.40. The van der Waals surface area contributed by atoms with Crippen LogP contribution in [0.4, 0.5) is 5.69 Å². The molecule has 0 amide bonds. The molecule has 2 N–H and O–H groups in total. The van der Waals surface area contributed by atoms with Gasteiger partial charge in [0, 0.05) is 23.3 Å². The predicted octanol–water partition coefficient (Wildman–Crippen LogP) is 2.04. The van der Waals surface area contributed by atoms with Crippen LogP contribution in [0, 0.1) is 0 Å². The predicted molar refractivity (Wildman–Crippen MR) is 73.2 cm³/mol. The molecule has 96 valence electrons. The molecule has 0 unspecified atom stereocenters. The van der Waals surface area contributed by atoms with Crippen LogP contribution >= 0.6 is 15.9 Å². The summed E-state index contributed by atoms with van der Waals surface area (Å²) in [4.78, 5) is 0. The third kappa shape index (κ3) is 3.82. The number of aliphatic hydroxyl groups is 1. The minimum atomic E-state index is 0.172. The molecule has 2 aromatic rings. The van der Waals surface area contributed by atoms with Crippen LogP contribution in [0.2, 0.25) is 0 Å². The van der Waals surface area contributed by atoms with E-state index in [1.165, 1.54) is 0 Å². The quantitative estimate of drug-likeness (QED) is 0.857. The van der Waals surface area contributed by atoms with Crippen LogP contribution in [0.5, 0.6) is 0 Å². The number of rotatable bonds is 6. The number of nitrogens with zero attached hydrogens (tertiary/aromatic N) is 3. The van der Waals surface area contributed by atoms with Crippen molar-refractivity contribution in [2.24, 2.45) is 0 Å². The first kappa shape index (κ1) is 13.0. The maximum atomic E-state index is 8.73.